The molecule has 5 aromatic rings. The molecule has 0 aliphatic carbocycles. The summed E-state index contributed by atoms with van der Waals surface area (Å²) in [5, 5.41) is 13.6. The molecular formula is C28H30N6O2. The van der Waals surface area contributed by atoms with E-state index < -0.39 is 0 Å². The van der Waals surface area contributed by atoms with Gasteiger partial charge in [-0.3, -0.25) is 9.69 Å². The lowest BCUT2D eigenvalue weighted by atomic mass is 10.1. The molecule has 3 aromatic heterocycles. The maximum Gasteiger partial charge on any atom is 0.252 e. The fraction of sp³-hybridized carbons (Fsp3) is 0.286. The van der Waals surface area contributed by atoms with Gasteiger partial charge in [0.15, 0.2) is 5.82 Å². The van der Waals surface area contributed by atoms with Gasteiger partial charge in [0.2, 0.25) is 0 Å². The van der Waals surface area contributed by atoms with Crippen LogP contribution in [0.1, 0.15) is 53.2 Å². The summed E-state index contributed by atoms with van der Waals surface area (Å²) in [5.74, 6) is 1.53. The number of hydrogen-bond donors (Lipinski definition) is 1. The topological polar surface area (TPSA) is 92.8 Å². The van der Waals surface area contributed by atoms with Crippen LogP contribution in [0.3, 0.4) is 0 Å². The molecule has 1 N–H and O–H groups in total. The van der Waals surface area contributed by atoms with Crippen molar-refractivity contribution in [2.24, 2.45) is 0 Å². The first kappa shape index (κ1) is 23.7. The van der Waals surface area contributed by atoms with E-state index in [1.807, 2.05) is 30.3 Å². The van der Waals surface area contributed by atoms with Gasteiger partial charge < -0.3 is 9.40 Å². The van der Waals surface area contributed by atoms with Crippen molar-refractivity contribution in [3.63, 3.8) is 0 Å². The number of pyridine rings is 1. The zero-order chi connectivity index (χ0) is 25.1. The molecule has 8 nitrogen and oxygen atoms in total. The minimum absolute atomic E-state index is 0.0784. The van der Waals surface area contributed by atoms with E-state index in [2.05, 4.69) is 76.5 Å². The number of rotatable bonds is 9. The fourth-order valence-corrected chi connectivity index (χ4v) is 4.63. The Morgan fingerprint density at radius 3 is 2.58 bits per heavy atom. The Bertz CT molecular complexity index is 1500. The average Bonchev–Trinajstić information content (AvgIpc) is 3.55. The quantitative estimate of drug-likeness (QED) is 0.320. The molecule has 5 rings (SSSR count). The molecule has 184 valence electrons. The van der Waals surface area contributed by atoms with Crippen molar-refractivity contribution in [2.75, 3.05) is 0 Å². The van der Waals surface area contributed by atoms with E-state index >= 15 is 0 Å². The molecule has 0 aliphatic heterocycles. The Labute approximate surface area is 209 Å². The molecule has 0 fully saturated rings. The van der Waals surface area contributed by atoms with Crippen LogP contribution in [0.2, 0.25) is 0 Å². The molecule has 0 bridgehead atoms. The van der Waals surface area contributed by atoms with Crippen molar-refractivity contribution in [3.05, 3.63) is 111 Å². The maximum atomic E-state index is 13.1. The second kappa shape index (κ2) is 10.3. The van der Waals surface area contributed by atoms with Crippen LogP contribution in [0, 0.1) is 13.8 Å². The number of aromatic nitrogens is 5. The highest BCUT2D eigenvalue weighted by molar-refractivity contribution is 5.79. The zero-order valence-electron chi connectivity index (χ0n) is 20.8. The van der Waals surface area contributed by atoms with Gasteiger partial charge in [0, 0.05) is 24.2 Å². The molecule has 36 heavy (non-hydrogen) atoms. The standard InChI is InChI=1S/C28H30N6O2/c1-4-26(27-30-31-32-34(27)18-24-6-5-13-36-24)33(16-21-10-7-19(2)8-11-21)17-23-15-22-14-20(3)9-12-25(22)29-28(23)35/h5-15,26H,4,16-18H2,1-3H3,(H,29,35)/t26-/m1/s1. The molecule has 0 unspecified atom stereocenters. The number of hydrogen-bond acceptors (Lipinski definition) is 6. The zero-order valence-corrected chi connectivity index (χ0v) is 20.8. The monoisotopic (exact) mass is 482 g/mol. The SMILES string of the molecule is CC[C@H](c1nnnn1Cc1ccco1)N(Cc1ccc(C)cc1)Cc1cc2cc(C)ccc2[nH]c1=O. The van der Waals surface area contributed by atoms with E-state index in [0.717, 1.165) is 40.0 Å². The molecule has 3 heterocycles. The van der Waals surface area contributed by atoms with Crippen molar-refractivity contribution in [2.45, 2.75) is 52.9 Å². The van der Waals surface area contributed by atoms with E-state index in [1.165, 1.54) is 5.56 Å². The molecule has 1 atom stereocenters. The number of furan rings is 1. The Morgan fingerprint density at radius 1 is 1.03 bits per heavy atom. The molecular weight excluding hydrogens is 452 g/mol. The Morgan fingerprint density at radius 2 is 1.83 bits per heavy atom. The first-order valence-corrected chi connectivity index (χ1v) is 12.2. The van der Waals surface area contributed by atoms with Crippen molar-refractivity contribution in [1.29, 1.82) is 0 Å². The normalized spacial score (nSPS) is 12.4. The van der Waals surface area contributed by atoms with Gasteiger partial charge in [-0.1, -0.05) is 48.4 Å². The number of nitrogens with zero attached hydrogens (tertiary/aromatic N) is 5. The van der Waals surface area contributed by atoms with Gasteiger partial charge in [-0.25, -0.2) is 4.68 Å². The summed E-state index contributed by atoms with van der Waals surface area (Å²) < 4.78 is 7.31. The summed E-state index contributed by atoms with van der Waals surface area (Å²) in [6.45, 7) is 7.80. The van der Waals surface area contributed by atoms with Crippen LogP contribution in [-0.4, -0.2) is 30.1 Å². The average molecular weight is 483 g/mol. The summed E-state index contributed by atoms with van der Waals surface area (Å²) in [6, 6.07) is 20.2. The van der Waals surface area contributed by atoms with E-state index in [-0.39, 0.29) is 11.6 Å². The summed E-state index contributed by atoms with van der Waals surface area (Å²) in [5.41, 5.74) is 5.00. The lowest BCUT2D eigenvalue weighted by molar-refractivity contribution is 0.161. The van der Waals surface area contributed by atoms with E-state index in [0.29, 0.717) is 25.2 Å². The number of benzene rings is 2. The lowest BCUT2D eigenvalue weighted by Crippen LogP contribution is -2.32. The maximum absolute atomic E-state index is 13.1. The molecule has 0 aliphatic rings. The minimum atomic E-state index is -0.108. The first-order chi connectivity index (χ1) is 17.5. The summed E-state index contributed by atoms with van der Waals surface area (Å²) >= 11 is 0. The van der Waals surface area contributed by atoms with Crippen LogP contribution in [0.5, 0.6) is 0 Å². The highest BCUT2D eigenvalue weighted by atomic mass is 16.3. The predicted molar refractivity (Wildman–Crippen MR) is 138 cm³/mol. The van der Waals surface area contributed by atoms with Crippen molar-refractivity contribution < 1.29 is 4.42 Å². The third-order valence-corrected chi connectivity index (χ3v) is 6.53. The van der Waals surface area contributed by atoms with Crippen LogP contribution in [-0.2, 0) is 19.6 Å². The van der Waals surface area contributed by atoms with Crippen LogP contribution >= 0.6 is 0 Å². The number of aromatic amines is 1. The second-order valence-corrected chi connectivity index (χ2v) is 9.30. The second-order valence-electron chi connectivity index (χ2n) is 9.30. The van der Waals surface area contributed by atoms with Gasteiger partial charge in [-0.15, -0.1) is 5.10 Å². The van der Waals surface area contributed by atoms with Gasteiger partial charge in [-0.05, 0) is 72.0 Å². The molecule has 0 amide bonds. The molecule has 0 saturated carbocycles. The number of aryl methyl sites for hydroxylation is 2. The van der Waals surface area contributed by atoms with E-state index in [1.54, 1.807) is 10.9 Å². The predicted octanol–water partition coefficient (Wildman–Crippen LogP) is 4.93. The van der Waals surface area contributed by atoms with Crippen LogP contribution in [0.15, 0.2) is 76.1 Å². The van der Waals surface area contributed by atoms with Crippen molar-refractivity contribution in [1.82, 2.24) is 30.1 Å². The Balaban J connectivity index is 1.52. The number of H-pyrrole nitrogens is 1. The summed E-state index contributed by atoms with van der Waals surface area (Å²) in [6.07, 6.45) is 2.42. The molecule has 2 aromatic carbocycles. The van der Waals surface area contributed by atoms with Gasteiger partial charge in [0.05, 0.1) is 12.3 Å². The molecule has 8 heteroatoms. The fourth-order valence-electron chi connectivity index (χ4n) is 4.63. The molecule has 0 radical (unpaired) electrons. The van der Waals surface area contributed by atoms with E-state index in [9.17, 15) is 4.79 Å². The van der Waals surface area contributed by atoms with Crippen LogP contribution in [0.4, 0.5) is 0 Å². The number of tetrazole rings is 1. The largest absolute Gasteiger partial charge is 0.467 e. The van der Waals surface area contributed by atoms with Gasteiger partial charge in [-0.2, -0.15) is 0 Å². The summed E-state index contributed by atoms with van der Waals surface area (Å²) in [4.78, 5) is 18.4. The van der Waals surface area contributed by atoms with Gasteiger partial charge >= 0.3 is 0 Å². The third-order valence-electron chi connectivity index (χ3n) is 6.53. The van der Waals surface area contributed by atoms with Crippen molar-refractivity contribution >= 4 is 10.9 Å². The Kier molecular flexibility index (Phi) is 6.77. The Hall–Kier alpha value is -4.04. The third kappa shape index (κ3) is 5.13. The lowest BCUT2D eigenvalue weighted by Gasteiger charge is -2.30. The van der Waals surface area contributed by atoms with Gasteiger partial charge in [0.1, 0.15) is 12.3 Å². The van der Waals surface area contributed by atoms with Gasteiger partial charge in [0.25, 0.3) is 5.56 Å². The van der Waals surface area contributed by atoms with E-state index in [4.69, 9.17) is 4.42 Å². The first-order valence-electron chi connectivity index (χ1n) is 12.2. The molecule has 0 saturated heterocycles. The smallest absolute Gasteiger partial charge is 0.252 e. The summed E-state index contributed by atoms with van der Waals surface area (Å²) in [7, 11) is 0. The minimum Gasteiger partial charge on any atom is -0.467 e. The van der Waals surface area contributed by atoms with Crippen molar-refractivity contribution in [3.8, 4) is 0 Å². The number of fused-ring (bicyclic) bond motifs is 1. The van der Waals surface area contributed by atoms with Crippen LogP contribution < -0.4 is 5.56 Å². The number of nitrogens with one attached hydrogen (secondary N) is 1. The van der Waals surface area contributed by atoms with Crippen LogP contribution in [0.25, 0.3) is 10.9 Å². The highest BCUT2D eigenvalue weighted by Gasteiger charge is 2.26. The highest BCUT2D eigenvalue weighted by Crippen LogP contribution is 2.27. The molecule has 0 spiro atoms.